The minimum absolute atomic E-state index is 0.0998. The van der Waals surface area contributed by atoms with Gasteiger partial charge in [-0.05, 0) is 68.3 Å². The predicted octanol–water partition coefficient (Wildman–Crippen LogP) is 3.32. The van der Waals surface area contributed by atoms with Crippen LogP contribution in [0, 0.1) is 28.1 Å². The van der Waals surface area contributed by atoms with E-state index in [1.165, 1.54) is 4.90 Å². The highest BCUT2D eigenvalue weighted by Crippen LogP contribution is 2.68. The van der Waals surface area contributed by atoms with E-state index in [0.29, 0.717) is 6.54 Å². The van der Waals surface area contributed by atoms with Gasteiger partial charge < -0.3 is 15.1 Å². The summed E-state index contributed by atoms with van der Waals surface area (Å²) in [5.74, 6) is -1.38. The van der Waals surface area contributed by atoms with Crippen molar-refractivity contribution in [3.8, 4) is 0 Å². The smallest absolute Gasteiger partial charge is 0.323 e. The zero-order chi connectivity index (χ0) is 20.5. The first-order valence-electron chi connectivity index (χ1n) is 10.5. The predicted molar refractivity (Wildman–Crippen MR) is 102 cm³/mol. The third kappa shape index (κ3) is 2.42. The third-order valence-electron chi connectivity index (χ3n) is 8.85. The molecule has 0 aromatic carbocycles. The maximum absolute atomic E-state index is 13.1. The van der Waals surface area contributed by atoms with Gasteiger partial charge in [0, 0.05) is 17.5 Å². The highest BCUT2D eigenvalue weighted by atomic mass is 16.4. The van der Waals surface area contributed by atoms with Crippen molar-refractivity contribution in [2.24, 2.45) is 28.1 Å². The molecular weight excluding hydrogens is 358 g/mol. The van der Waals surface area contributed by atoms with Crippen LogP contribution in [0.3, 0.4) is 0 Å². The molecule has 5 atom stereocenters. The molecule has 0 spiro atoms. The minimum atomic E-state index is -0.977. The SMILES string of the molecule is C[C@]12CCC[C@](C)(C(=O)O)C1CC[C@@]1(C)C3=C(CCC21)CN(CC(=O)O)C3=O. The van der Waals surface area contributed by atoms with E-state index in [4.69, 9.17) is 5.11 Å². The van der Waals surface area contributed by atoms with Crippen molar-refractivity contribution in [1.82, 2.24) is 4.90 Å². The number of amides is 1. The van der Waals surface area contributed by atoms with Crippen molar-refractivity contribution in [1.29, 1.82) is 0 Å². The summed E-state index contributed by atoms with van der Waals surface area (Å²) < 4.78 is 0. The van der Waals surface area contributed by atoms with Gasteiger partial charge in [0.1, 0.15) is 6.54 Å². The van der Waals surface area contributed by atoms with Crippen LogP contribution in [0.25, 0.3) is 0 Å². The van der Waals surface area contributed by atoms with Crippen LogP contribution in [-0.2, 0) is 14.4 Å². The zero-order valence-electron chi connectivity index (χ0n) is 17.1. The molecule has 4 rings (SSSR count). The quantitative estimate of drug-likeness (QED) is 0.772. The largest absolute Gasteiger partial charge is 0.481 e. The number of nitrogens with zero attached hydrogens (tertiary/aromatic N) is 1. The Morgan fingerprint density at radius 3 is 2.43 bits per heavy atom. The Morgan fingerprint density at radius 1 is 1.07 bits per heavy atom. The lowest BCUT2D eigenvalue weighted by molar-refractivity contribution is -0.175. The first-order valence-corrected chi connectivity index (χ1v) is 10.5. The molecule has 1 aliphatic heterocycles. The Balaban J connectivity index is 1.71. The van der Waals surface area contributed by atoms with Crippen molar-refractivity contribution >= 4 is 17.8 Å². The summed E-state index contributed by atoms with van der Waals surface area (Å²) in [6.45, 7) is 6.56. The van der Waals surface area contributed by atoms with Crippen LogP contribution >= 0.6 is 0 Å². The van der Waals surface area contributed by atoms with Gasteiger partial charge in [-0.25, -0.2) is 0 Å². The Hall–Kier alpha value is -1.85. The van der Waals surface area contributed by atoms with Crippen molar-refractivity contribution in [2.75, 3.05) is 13.1 Å². The van der Waals surface area contributed by atoms with E-state index in [0.717, 1.165) is 56.1 Å². The highest BCUT2D eigenvalue weighted by molar-refractivity contribution is 6.00. The van der Waals surface area contributed by atoms with Crippen molar-refractivity contribution in [3.63, 3.8) is 0 Å². The number of carboxylic acid groups (broad SMARTS) is 2. The maximum atomic E-state index is 13.1. The molecule has 2 fully saturated rings. The van der Waals surface area contributed by atoms with E-state index >= 15 is 0 Å². The molecule has 2 unspecified atom stereocenters. The summed E-state index contributed by atoms with van der Waals surface area (Å²) in [7, 11) is 0. The Bertz CT molecular complexity index is 788. The molecule has 0 aromatic heterocycles. The number of hydrogen-bond acceptors (Lipinski definition) is 3. The lowest BCUT2D eigenvalue weighted by Crippen LogP contribution is -2.59. The van der Waals surface area contributed by atoms with Gasteiger partial charge in [0.2, 0.25) is 0 Å². The summed E-state index contributed by atoms with van der Waals surface area (Å²) >= 11 is 0. The fourth-order valence-corrected chi connectivity index (χ4v) is 7.68. The lowest BCUT2D eigenvalue weighted by atomic mass is 9.40. The second-order valence-corrected chi connectivity index (χ2v) is 10.2. The molecular formula is C22H31NO5. The summed E-state index contributed by atoms with van der Waals surface area (Å²) in [6, 6.07) is 0. The fourth-order valence-electron chi connectivity index (χ4n) is 7.68. The Kier molecular flexibility index (Phi) is 4.22. The molecule has 28 heavy (non-hydrogen) atoms. The van der Waals surface area contributed by atoms with Gasteiger partial charge in [0.25, 0.3) is 5.91 Å². The second-order valence-electron chi connectivity index (χ2n) is 10.2. The first-order chi connectivity index (χ1) is 13.0. The number of fused-ring (bicyclic) bond motifs is 4. The molecule has 0 saturated heterocycles. The topological polar surface area (TPSA) is 94.9 Å². The number of carboxylic acids is 2. The van der Waals surface area contributed by atoms with E-state index in [-0.39, 0.29) is 35.1 Å². The molecule has 3 aliphatic carbocycles. The molecule has 6 heteroatoms. The van der Waals surface area contributed by atoms with Crippen molar-refractivity contribution in [2.45, 2.75) is 65.7 Å². The van der Waals surface area contributed by atoms with Gasteiger partial charge in [-0.3, -0.25) is 14.4 Å². The first kappa shape index (κ1) is 19.5. The molecule has 0 aromatic rings. The van der Waals surface area contributed by atoms with Crippen LogP contribution in [-0.4, -0.2) is 46.0 Å². The zero-order valence-corrected chi connectivity index (χ0v) is 17.1. The van der Waals surface area contributed by atoms with Crippen LogP contribution in [0.5, 0.6) is 0 Å². The summed E-state index contributed by atoms with van der Waals surface area (Å²) in [4.78, 5) is 38.0. The molecule has 1 heterocycles. The number of carbonyl (C=O) groups excluding carboxylic acids is 1. The van der Waals surface area contributed by atoms with Gasteiger partial charge in [-0.15, -0.1) is 0 Å². The second kappa shape index (κ2) is 6.07. The van der Waals surface area contributed by atoms with E-state index in [1.54, 1.807) is 0 Å². The van der Waals surface area contributed by atoms with Crippen LogP contribution in [0.4, 0.5) is 0 Å². The van der Waals surface area contributed by atoms with Crippen molar-refractivity contribution < 1.29 is 24.6 Å². The average Bonchev–Trinajstić information content (AvgIpc) is 2.90. The molecule has 0 radical (unpaired) electrons. The van der Waals surface area contributed by atoms with E-state index in [2.05, 4.69) is 13.8 Å². The third-order valence-corrected chi connectivity index (χ3v) is 8.85. The molecule has 2 N–H and O–H groups in total. The standard InChI is InChI=1S/C22H31NO5/c1-20-8-4-9-22(3,19(27)28)15(20)7-10-21(2)14(20)6-5-13-11-23(12-16(24)25)18(26)17(13)21/h14-15H,4-12H2,1-3H3,(H,24,25)(H,27,28)/t14?,15?,20-,21-,22+/m1/s1. The summed E-state index contributed by atoms with van der Waals surface area (Å²) in [6.07, 6.45) is 6.06. The maximum Gasteiger partial charge on any atom is 0.323 e. The van der Waals surface area contributed by atoms with E-state index in [9.17, 15) is 19.5 Å². The molecule has 0 bridgehead atoms. The Morgan fingerprint density at radius 2 is 1.79 bits per heavy atom. The van der Waals surface area contributed by atoms with E-state index < -0.39 is 17.4 Å². The molecule has 2 saturated carbocycles. The van der Waals surface area contributed by atoms with Gasteiger partial charge in [0.15, 0.2) is 0 Å². The van der Waals surface area contributed by atoms with Gasteiger partial charge >= 0.3 is 11.9 Å². The molecule has 4 aliphatic rings. The van der Waals surface area contributed by atoms with Gasteiger partial charge in [-0.1, -0.05) is 20.3 Å². The van der Waals surface area contributed by atoms with Crippen LogP contribution in [0.1, 0.15) is 65.7 Å². The van der Waals surface area contributed by atoms with E-state index in [1.807, 2.05) is 6.92 Å². The highest BCUT2D eigenvalue weighted by Gasteiger charge is 2.64. The molecule has 6 nitrogen and oxygen atoms in total. The lowest BCUT2D eigenvalue weighted by Gasteiger charge is -2.63. The fraction of sp³-hybridized carbons (Fsp3) is 0.773. The van der Waals surface area contributed by atoms with Gasteiger partial charge in [-0.2, -0.15) is 0 Å². The van der Waals surface area contributed by atoms with Gasteiger partial charge in [0.05, 0.1) is 5.41 Å². The van der Waals surface area contributed by atoms with Crippen LogP contribution in [0.2, 0.25) is 0 Å². The summed E-state index contributed by atoms with van der Waals surface area (Å²) in [5, 5.41) is 19.2. The number of hydrogen-bond donors (Lipinski definition) is 2. The Labute approximate surface area is 166 Å². The van der Waals surface area contributed by atoms with Crippen LogP contribution < -0.4 is 0 Å². The molecule has 154 valence electrons. The number of rotatable bonds is 3. The average molecular weight is 389 g/mol. The normalized spacial score (nSPS) is 42.7. The summed E-state index contributed by atoms with van der Waals surface area (Å²) in [5.41, 5.74) is 0.895. The molecule has 1 amide bonds. The number of aliphatic carboxylic acids is 2. The number of carbonyl (C=O) groups is 3. The minimum Gasteiger partial charge on any atom is -0.481 e. The monoisotopic (exact) mass is 389 g/mol. The van der Waals surface area contributed by atoms with Crippen LogP contribution in [0.15, 0.2) is 11.1 Å². The van der Waals surface area contributed by atoms with Crippen molar-refractivity contribution in [3.05, 3.63) is 11.1 Å².